The van der Waals surface area contributed by atoms with E-state index in [0.29, 0.717) is 19.3 Å². The molecule has 4 aliphatic rings. The number of rotatable bonds is 4. The average Bonchev–Trinajstić information content (AvgIpc) is 3.17. The van der Waals surface area contributed by atoms with E-state index in [1.807, 2.05) is 34.6 Å². The molecule has 4 bridgehead atoms. The summed E-state index contributed by atoms with van der Waals surface area (Å²) in [6.07, 6.45) is -3.90. The fraction of sp³-hybridized carbons (Fsp3) is 1.00. The van der Waals surface area contributed by atoms with Crippen molar-refractivity contribution in [3.8, 4) is 0 Å². The van der Waals surface area contributed by atoms with Crippen molar-refractivity contribution in [2.45, 2.75) is 147 Å². The second-order valence-electron chi connectivity index (χ2n) is 13.0. The molecule has 4 fully saturated rings. The Balaban J connectivity index is 1.76. The third-order valence-corrected chi connectivity index (χ3v) is 9.90. The third-order valence-electron chi connectivity index (χ3n) is 9.90. The van der Waals surface area contributed by atoms with Gasteiger partial charge in [-0.3, -0.25) is 0 Å². The Bertz CT molecular complexity index is 830. The van der Waals surface area contributed by atoms with E-state index in [1.54, 1.807) is 20.9 Å². The minimum Gasteiger partial charge on any atom is -0.392 e. The highest BCUT2D eigenvalue weighted by atomic mass is 16.8. The van der Waals surface area contributed by atoms with Gasteiger partial charge in [0.25, 0.3) is 5.97 Å². The summed E-state index contributed by atoms with van der Waals surface area (Å²) < 4.78 is 31.7. The summed E-state index contributed by atoms with van der Waals surface area (Å²) in [6.45, 7) is 15.1. The van der Waals surface area contributed by atoms with Crippen molar-refractivity contribution in [3.63, 3.8) is 0 Å². The predicted molar refractivity (Wildman–Crippen MR) is 139 cm³/mol. The Morgan fingerprint density at radius 1 is 0.947 bits per heavy atom. The van der Waals surface area contributed by atoms with Crippen LogP contribution in [0.3, 0.4) is 0 Å². The highest BCUT2D eigenvalue weighted by Gasteiger charge is 2.63. The first-order chi connectivity index (χ1) is 17.6. The van der Waals surface area contributed by atoms with E-state index >= 15 is 0 Å². The van der Waals surface area contributed by atoms with E-state index in [-0.39, 0.29) is 30.1 Å². The molecule has 0 amide bonds. The highest BCUT2D eigenvalue weighted by Crippen LogP contribution is 2.51. The van der Waals surface area contributed by atoms with Gasteiger partial charge in [-0.25, -0.2) is 0 Å². The molecule has 4 rings (SSSR count). The SMILES string of the molecule is CC[C@H]1O[C@]2(O)O[C@H]([C@@H](C)C3O[C@](C)(C[C@@H]3C)[C@H](O[C@@H]3OC(C)CC(NC)C3O)[C@@H](C)[C@H](O)[C@H]2C)[C@]1(C)O. The number of aliphatic hydroxyl groups is 4. The Labute approximate surface area is 227 Å². The maximum atomic E-state index is 11.7. The molecule has 0 aromatic carbocycles. The molecule has 0 spiro atoms. The molecule has 0 aromatic heterocycles. The van der Waals surface area contributed by atoms with E-state index in [4.69, 9.17) is 23.7 Å². The largest absolute Gasteiger partial charge is 0.392 e. The molecule has 38 heavy (non-hydrogen) atoms. The minimum atomic E-state index is -2.12. The zero-order valence-corrected chi connectivity index (χ0v) is 24.5. The van der Waals surface area contributed by atoms with E-state index in [2.05, 4.69) is 12.2 Å². The molecule has 10 nitrogen and oxygen atoms in total. The molecule has 222 valence electrons. The summed E-state index contributed by atoms with van der Waals surface area (Å²) in [5.74, 6) is -3.82. The Kier molecular flexibility index (Phi) is 8.67. The molecular weight excluding hydrogens is 494 g/mol. The molecule has 4 saturated heterocycles. The maximum Gasteiger partial charge on any atom is 0.286 e. The summed E-state index contributed by atoms with van der Waals surface area (Å²) in [4.78, 5) is 0. The summed E-state index contributed by atoms with van der Waals surface area (Å²) in [6, 6.07) is -0.204. The van der Waals surface area contributed by atoms with Gasteiger partial charge in [-0.15, -0.1) is 0 Å². The Hall–Kier alpha value is -0.400. The van der Waals surface area contributed by atoms with Crippen molar-refractivity contribution in [2.24, 2.45) is 23.7 Å². The standard InChI is InChI=1S/C28H51NO9/c1-10-19-27(8,32)24-16(5)22-13(2)12-26(7,37-22)23(15(4)20(30)17(6)28(33,36-19)38-24)35-25-21(31)18(29-9)11-14(3)34-25/h13-25,29-33H,10-12H2,1-9H3/t13-,14?,15-,16-,17+,18?,19+,20-,21?,22?,23+,24+,25-,26+,27+,28-/m0/s1. The molecule has 0 saturated carbocycles. The third kappa shape index (κ3) is 5.08. The number of hydrogen-bond acceptors (Lipinski definition) is 10. The number of aliphatic hydroxyl groups excluding tert-OH is 2. The number of likely N-dealkylation sites (N-methyl/N-ethyl adjacent to an activating group) is 1. The van der Waals surface area contributed by atoms with Crippen molar-refractivity contribution in [2.75, 3.05) is 7.05 Å². The summed E-state index contributed by atoms with van der Waals surface area (Å²) >= 11 is 0. The normalized spacial score (nSPS) is 57.9. The first-order valence-corrected chi connectivity index (χ1v) is 14.4. The zero-order chi connectivity index (χ0) is 28.4. The molecule has 4 unspecified atom stereocenters. The lowest BCUT2D eigenvalue weighted by atomic mass is 9.74. The average molecular weight is 546 g/mol. The van der Waals surface area contributed by atoms with Gasteiger partial charge < -0.3 is 49.4 Å². The fourth-order valence-corrected chi connectivity index (χ4v) is 7.67. The lowest BCUT2D eigenvalue weighted by Gasteiger charge is -2.54. The topological polar surface area (TPSA) is 139 Å². The van der Waals surface area contributed by atoms with Crippen LogP contribution in [0.2, 0.25) is 0 Å². The molecule has 0 aromatic rings. The van der Waals surface area contributed by atoms with Gasteiger partial charge >= 0.3 is 0 Å². The van der Waals surface area contributed by atoms with Crippen LogP contribution in [0.25, 0.3) is 0 Å². The van der Waals surface area contributed by atoms with E-state index < -0.39 is 65.8 Å². The predicted octanol–water partition coefficient (Wildman–Crippen LogP) is 1.51. The van der Waals surface area contributed by atoms with Crippen LogP contribution in [-0.4, -0.2) is 99.7 Å². The van der Waals surface area contributed by atoms with E-state index in [9.17, 15) is 20.4 Å². The number of nitrogens with one attached hydrogen (secondary N) is 1. The van der Waals surface area contributed by atoms with Crippen LogP contribution in [-0.2, 0) is 23.7 Å². The van der Waals surface area contributed by atoms with Crippen molar-refractivity contribution < 1.29 is 44.1 Å². The minimum absolute atomic E-state index is 0.0684. The molecular formula is C28H51NO9. The van der Waals surface area contributed by atoms with Crippen LogP contribution in [0.4, 0.5) is 0 Å². The molecule has 0 aliphatic carbocycles. The van der Waals surface area contributed by atoms with E-state index in [1.165, 1.54) is 0 Å². The monoisotopic (exact) mass is 545 g/mol. The lowest BCUT2D eigenvalue weighted by Crippen LogP contribution is -2.68. The molecule has 0 radical (unpaired) electrons. The van der Waals surface area contributed by atoms with Gasteiger partial charge in [0.1, 0.15) is 11.7 Å². The molecule has 10 heteroatoms. The Morgan fingerprint density at radius 3 is 2.21 bits per heavy atom. The first-order valence-electron chi connectivity index (χ1n) is 14.4. The van der Waals surface area contributed by atoms with Crippen molar-refractivity contribution in [1.29, 1.82) is 0 Å². The van der Waals surface area contributed by atoms with Gasteiger partial charge in [0.05, 0.1) is 48.1 Å². The van der Waals surface area contributed by atoms with Crippen LogP contribution < -0.4 is 5.32 Å². The van der Waals surface area contributed by atoms with Gasteiger partial charge in [0.15, 0.2) is 6.29 Å². The summed E-state index contributed by atoms with van der Waals surface area (Å²) in [5, 5.41) is 49.2. The second kappa shape index (κ2) is 10.8. The van der Waals surface area contributed by atoms with Crippen molar-refractivity contribution in [1.82, 2.24) is 5.32 Å². The quantitative estimate of drug-likeness (QED) is 0.353. The number of fused-ring (bicyclic) bond motifs is 4. The fourth-order valence-electron chi connectivity index (χ4n) is 7.67. The lowest BCUT2D eigenvalue weighted by molar-refractivity contribution is -0.478. The van der Waals surface area contributed by atoms with Crippen LogP contribution in [0.1, 0.15) is 74.7 Å². The summed E-state index contributed by atoms with van der Waals surface area (Å²) in [5.41, 5.74) is -2.23. The van der Waals surface area contributed by atoms with Gasteiger partial charge in [-0.1, -0.05) is 34.6 Å². The maximum absolute atomic E-state index is 11.7. The van der Waals surface area contributed by atoms with Gasteiger partial charge in [-0.2, -0.15) is 0 Å². The molecule has 16 atom stereocenters. The van der Waals surface area contributed by atoms with Crippen molar-refractivity contribution >= 4 is 0 Å². The molecule has 4 heterocycles. The Morgan fingerprint density at radius 2 is 1.61 bits per heavy atom. The van der Waals surface area contributed by atoms with Crippen LogP contribution in [0.5, 0.6) is 0 Å². The first kappa shape index (κ1) is 30.6. The second-order valence-corrected chi connectivity index (χ2v) is 13.0. The van der Waals surface area contributed by atoms with Crippen LogP contribution >= 0.6 is 0 Å². The number of hydrogen-bond donors (Lipinski definition) is 5. The summed E-state index contributed by atoms with van der Waals surface area (Å²) in [7, 11) is 1.80. The van der Waals surface area contributed by atoms with Crippen molar-refractivity contribution in [3.05, 3.63) is 0 Å². The van der Waals surface area contributed by atoms with Gasteiger partial charge in [0, 0.05) is 17.9 Å². The smallest absolute Gasteiger partial charge is 0.286 e. The van der Waals surface area contributed by atoms with Gasteiger partial charge in [0.2, 0.25) is 0 Å². The van der Waals surface area contributed by atoms with Gasteiger partial charge in [-0.05, 0) is 53.0 Å². The molecule has 5 N–H and O–H groups in total. The molecule has 4 aliphatic heterocycles. The van der Waals surface area contributed by atoms with E-state index in [0.717, 1.165) is 0 Å². The van der Waals surface area contributed by atoms with Crippen LogP contribution in [0.15, 0.2) is 0 Å². The number of ether oxygens (including phenoxy) is 5. The zero-order valence-electron chi connectivity index (χ0n) is 24.5. The highest BCUT2D eigenvalue weighted by molar-refractivity contribution is 5.07. The van der Waals surface area contributed by atoms with Crippen LogP contribution in [0, 0.1) is 23.7 Å².